The van der Waals surface area contributed by atoms with E-state index >= 15 is 4.39 Å². The molecule has 1 nitrogen and oxygen atoms in total. The number of allylic oxidation sites excluding steroid dienone is 2. The number of hydrogen-bond acceptors (Lipinski definition) is 1. The lowest BCUT2D eigenvalue weighted by Gasteiger charge is -2.38. The summed E-state index contributed by atoms with van der Waals surface area (Å²) in [6.45, 7) is 4.36. The first kappa shape index (κ1) is 27.3. The van der Waals surface area contributed by atoms with Gasteiger partial charge in [0.25, 0.3) is 0 Å². The summed E-state index contributed by atoms with van der Waals surface area (Å²) in [4.78, 5) is 0. The Bertz CT molecular complexity index is 883. The van der Waals surface area contributed by atoms with Gasteiger partial charge in [0, 0.05) is 5.92 Å². The van der Waals surface area contributed by atoms with E-state index in [-0.39, 0.29) is 17.8 Å². The molecule has 0 heterocycles. The van der Waals surface area contributed by atoms with Crippen LogP contribution >= 0.6 is 0 Å². The Morgan fingerprint density at radius 3 is 2.00 bits per heavy atom. The Kier molecular flexibility index (Phi) is 9.29. The van der Waals surface area contributed by atoms with Gasteiger partial charge in [-0.25, -0.2) is 8.78 Å². The molecule has 0 unspecified atom stereocenters. The van der Waals surface area contributed by atoms with E-state index in [4.69, 9.17) is 4.74 Å². The SMILES string of the molecule is C=CCOC1CCC(C2CCC(c3ccc(C4CCC(C(F)=CC(F)(F)F)CC4)c(F)c3)CC2)CC1. The van der Waals surface area contributed by atoms with E-state index in [0.717, 1.165) is 43.1 Å². The maximum Gasteiger partial charge on any atom is 0.412 e. The molecule has 1 aromatic rings. The van der Waals surface area contributed by atoms with E-state index < -0.39 is 17.9 Å². The predicted octanol–water partition coefficient (Wildman–Crippen LogP) is 9.55. The van der Waals surface area contributed by atoms with Crippen molar-refractivity contribution in [2.75, 3.05) is 6.61 Å². The van der Waals surface area contributed by atoms with Gasteiger partial charge in [0.2, 0.25) is 0 Å². The molecule has 0 aliphatic heterocycles. The second-order valence-corrected chi connectivity index (χ2v) is 11.2. The van der Waals surface area contributed by atoms with Gasteiger partial charge in [-0.3, -0.25) is 0 Å². The zero-order valence-electron chi connectivity index (χ0n) is 21.0. The molecule has 0 amide bonds. The molecule has 0 spiro atoms. The van der Waals surface area contributed by atoms with Crippen molar-refractivity contribution in [1.82, 2.24) is 0 Å². The fourth-order valence-electron chi connectivity index (χ4n) is 6.94. The fourth-order valence-corrected chi connectivity index (χ4v) is 6.94. The molecule has 0 N–H and O–H groups in total. The summed E-state index contributed by atoms with van der Waals surface area (Å²) in [5.74, 6) is -0.171. The van der Waals surface area contributed by atoms with Crippen molar-refractivity contribution < 1.29 is 26.7 Å². The van der Waals surface area contributed by atoms with Crippen LogP contribution in [0.15, 0.2) is 42.8 Å². The molecule has 0 aromatic heterocycles. The van der Waals surface area contributed by atoms with Gasteiger partial charge in [-0.2, -0.15) is 13.2 Å². The number of hydrogen-bond donors (Lipinski definition) is 0. The lowest BCUT2D eigenvalue weighted by molar-refractivity contribution is -0.0820. The topological polar surface area (TPSA) is 9.23 Å². The van der Waals surface area contributed by atoms with Crippen LogP contribution in [0.3, 0.4) is 0 Å². The van der Waals surface area contributed by atoms with Crippen LogP contribution < -0.4 is 0 Å². The molecule has 3 saturated carbocycles. The smallest absolute Gasteiger partial charge is 0.374 e. The van der Waals surface area contributed by atoms with Gasteiger partial charge in [-0.1, -0.05) is 18.2 Å². The van der Waals surface area contributed by atoms with Crippen LogP contribution in [0.1, 0.15) is 100 Å². The van der Waals surface area contributed by atoms with Crippen LogP contribution in [0.4, 0.5) is 22.0 Å². The average molecular weight is 511 g/mol. The van der Waals surface area contributed by atoms with Crippen LogP contribution in [0.5, 0.6) is 0 Å². The normalized spacial score (nSPS) is 32.3. The monoisotopic (exact) mass is 510 g/mol. The number of benzene rings is 1. The summed E-state index contributed by atoms with van der Waals surface area (Å²) in [5.41, 5.74) is 1.69. The highest BCUT2D eigenvalue weighted by molar-refractivity contribution is 5.30. The maximum absolute atomic E-state index is 15.1. The van der Waals surface area contributed by atoms with Crippen molar-refractivity contribution in [1.29, 1.82) is 0 Å². The second kappa shape index (κ2) is 12.2. The summed E-state index contributed by atoms with van der Waals surface area (Å²) in [5, 5.41) is 0. The first-order valence-electron chi connectivity index (χ1n) is 13.7. The summed E-state index contributed by atoms with van der Waals surface area (Å²) < 4.78 is 72.2. The first-order valence-corrected chi connectivity index (χ1v) is 13.7. The highest BCUT2D eigenvalue weighted by Gasteiger charge is 2.33. The lowest BCUT2D eigenvalue weighted by Crippen LogP contribution is -2.28. The van der Waals surface area contributed by atoms with Crippen molar-refractivity contribution in [2.45, 2.75) is 101 Å². The minimum atomic E-state index is -4.64. The average Bonchev–Trinajstić information content (AvgIpc) is 2.87. The highest BCUT2D eigenvalue weighted by atomic mass is 19.4. The highest BCUT2D eigenvalue weighted by Crippen LogP contribution is 2.45. The molecule has 0 bridgehead atoms. The molecule has 200 valence electrons. The molecule has 3 fully saturated rings. The third kappa shape index (κ3) is 7.20. The minimum absolute atomic E-state index is 0.0599. The molecular weight excluding hydrogens is 471 g/mol. The van der Waals surface area contributed by atoms with E-state index in [1.165, 1.54) is 25.7 Å². The molecule has 3 aliphatic rings. The van der Waals surface area contributed by atoms with E-state index in [1.54, 1.807) is 6.07 Å². The van der Waals surface area contributed by atoms with E-state index in [0.29, 0.717) is 49.9 Å². The van der Waals surface area contributed by atoms with Crippen molar-refractivity contribution in [3.05, 3.63) is 59.7 Å². The predicted molar refractivity (Wildman–Crippen MR) is 133 cm³/mol. The van der Waals surface area contributed by atoms with E-state index in [2.05, 4.69) is 6.58 Å². The molecular formula is C30H39F5O. The molecule has 1 aromatic carbocycles. The van der Waals surface area contributed by atoms with Gasteiger partial charge in [0.15, 0.2) is 0 Å². The molecule has 6 heteroatoms. The summed E-state index contributed by atoms with van der Waals surface area (Å²) in [7, 11) is 0. The Hall–Kier alpha value is -1.69. The maximum atomic E-state index is 15.1. The van der Waals surface area contributed by atoms with Crippen molar-refractivity contribution in [3.63, 3.8) is 0 Å². The van der Waals surface area contributed by atoms with Gasteiger partial charge in [0.05, 0.1) is 18.8 Å². The zero-order chi connectivity index (χ0) is 25.7. The molecule has 0 radical (unpaired) electrons. The van der Waals surface area contributed by atoms with E-state index in [9.17, 15) is 17.6 Å². The van der Waals surface area contributed by atoms with Gasteiger partial charge in [-0.05, 0) is 118 Å². The van der Waals surface area contributed by atoms with Crippen LogP contribution in [0.25, 0.3) is 0 Å². The number of ether oxygens (including phenoxy) is 1. The molecule has 4 rings (SSSR count). The standard InChI is InChI=1S/C30H39F5O/c1-2-17-36-26-14-11-21(12-15-26)20-3-5-22(6-4-20)25-13-16-27(28(31)18-25)23-7-9-24(10-8-23)29(32)19-30(33,34)35/h2,13,16,18-24,26H,1,3-12,14-15,17H2. The summed E-state index contributed by atoms with van der Waals surface area (Å²) in [6, 6.07) is 5.59. The van der Waals surface area contributed by atoms with Crippen LogP contribution in [0.2, 0.25) is 0 Å². The van der Waals surface area contributed by atoms with E-state index in [1.807, 2.05) is 18.2 Å². The first-order chi connectivity index (χ1) is 17.2. The van der Waals surface area contributed by atoms with Gasteiger partial charge >= 0.3 is 6.18 Å². The van der Waals surface area contributed by atoms with Crippen molar-refractivity contribution in [2.24, 2.45) is 17.8 Å². The summed E-state index contributed by atoms with van der Waals surface area (Å²) >= 11 is 0. The number of halogens is 5. The van der Waals surface area contributed by atoms with Crippen molar-refractivity contribution in [3.8, 4) is 0 Å². The minimum Gasteiger partial charge on any atom is -0.374 e. The van der Waals surface area contributed by atoms with Crippen LogP contribution in [0, 0.1) is 23.6 Å². The number of alkyl halides is 3. The third-order valence-corrected chi connectivity index (χ3v) is 8.96. The third-order valence-electron chi connectivity index (χ3n) is 8.96. The van der Waals surface area contributed by atoms with Crippen LogP contribution in [-0.2, 0) is 4.74 Å². The Morgan fingerprint density at radius 1 is 0.861 bits per heavy atom. The lowest BCUT2D eigenvalue weighted by atomic mass is 9.69. The van der Waals surface area contributed by atoms with Crippen LogP contribution in [-0.4, -0.2) is 18.9 Å². The van der Waals surface area contributed by atoms with Gasteiger partial charge in [-0.15, -0.1) is 6.58 Å². The Balaban J connectivity index is 1.26. The molecule has 0 saturated heterocycles. The summed E-state index contributed by atoms with van der Waals surface area (Å²) in [6.07, 6.45) is 8.28. The van der Waals surface area contributed by atoms with Crippen molar-refractivity contribution >= 4 is 0 Å². The molecule has 3 aliphatic carbocycles. The van der Waals surface area contributed by atoms with Gasteiger partial charge in [0.1, 0.15) is 11.6 Å². The largest absolute Gasteiger partial charge is 0.412 e. The Morgan fingerprint density at radius 2 is 1.44 bits per heavy atom. The second-order valence-electron chi connectivity index (χ2n) is 11.2. The number of rotatable bonds is 7. The quantitative estimate of drug-likeness (QED) is 0.262. The Labute approximate surface area is 212 Å². The molecule has 36 heavy (non-hydrogen) atoms. The zero-order valence-corrected chi connectivity index (χ0v) is 21.0. The van der Waals surface area contributed by atoms with Gasteiger partial charge < -0.3 is 4.74 Å². The fraction of sp³-hybridized carbons (Fsp3) is 0.667. The molecule has 0 atom stereocenters.